The van der Waals surface area contributed by atoms with Crippen molar-refractivity contribution in [3.8, 4) is 0 Å². The maximum Gasteiger partial charge on any atom is 0.278 e. The Morgan fingerprint density at radius 2 is 2.09 bits per heavy atom. The Bertz CT molecular complexity index is 696. The summed E-state index contributed by atoms with van der Waals surface area (Å²) in [7, 11) is 0. The molecule has 0 spiro atoms. The van der Waals surface area contributed by atoms with Crippen LogP contribution in [0.5, 0.6) is 0 Å². The van der Waals surface area contributed by atoms with E-state index in [0.29, 0.717) is 10.9 Å². The Kier molecular flexibility index (Phi) is 5.63. The van der Waals surface area contributed by atoms with Crippen LogP contribution in [0.25, 0.3) is 10.9 Å². The maximum atomic E-state index is 12.2. The number of rotatable bonds is 7. The third kappa shape index (κ3) is 4.13. The molecule has 1 aromatic heterocycles. The molecule has 1 atom stereocenters. The predicted molar refractivity (Wildman–Crippen MR) is 85.5 cm³/mol. The molecule has 0 aliphatic rings. The highest BCUT2D eigenvalue weighted by atomic mass is 16.2. The number of aromatic nitrogens is 3. The zero-order chi connectivity index (χ0) is 15.9. The van der Waals surface area contributed by atoms with E-state index >= 15 is 0 Å². The van der Waals surface area contributed by atoms with E-state index in [-0.39, 0.29) is 24.1 Å². The molecular formula is C16H22N4O2. The number of unbranched alkanes of at least 4 members (excludes halogenated alkanes) is 2. The first-order valence-electron chi connectivity index (χ1n) is 7.73. The highest BCUT2D eigenvalue weighted by molar-refractivity contribution is 5.78. The summed E-state index contributed by atoms with van der Waals surface area (Å²) in [5, 5.41) is 11.2. The van der Waals surface area contributed by atoms with Gasteiger partial charge in [0, 0.05) is 6.04 Å². The molecule has 2 rings (SSSR count). The number of fused-ring (bicyclic) bond motifs is 1. The van der Waals surface area contributed by atoms with Crippen molar-refractivity contribution in [3.05, 3.63) is 34.6 Å². The summed E-state index contributed by atoms with van der Waals surface area (Å²) < 4.78 is 1.11. The quantitative estimate of drug-likeness (QED) is 0.792. The molecule has 0 bridgehead atoms. The number of hydrogen-bond donors (Lipinski definition) is 1. The number of hydrogen-bond acceptors (Lipinski definition) is 4. The molecule has 1 amide bonds. The molecule has 1 heterocycles. The molecule has 6 nitrogen and oxygen atoms in total. The second-order valence-corrected chi connectivity index (χ2v) is 5.53. The number of benzene rings is 1. The SMILES string of the molecule is CCCCC[C@@H](C)NC(=O)Cn1nnc2ccccc2c1=O. The zero-order valence-electron chi connectivity index (χ0n) is 13.1. The van der Waals surface area contributed by atoms with Crippen molar-refractivity contribution in [2.24, 2.45) is 0 Å². The summed E-state index contributed by atoms with van der Waals surface area (Å²) in [6.07, 6.45) is 4.35. The van der Waals surface area contributed by atoms with Crippen molar-refractivity contribution in [2.75, 3.05) is 0 Å². The van der Waals surface area contributed by atoms with Gasteiger partial charge in [-0.2, -0.15) is 0 Å². The average Bonchev–Trinajstić information content (AvgIpc) is 2.50. The van der Waals surface area contributed by atoms with Crippen molar-refractivity contribution >= 4 is 16.8 Å². The van der Waals surface area contributed by atoms with Gasteiger partial charge >= 0.3 is 0 Å². The smallest absolute Gasteiger partial charge is 0.278 e. The summed E-state index contributed by atoms with van der Waals surface area (Å²) in [6, 6.07) is 7.08. The number of carbonyl (C=O) groups excluding carboxylic acids is 1. The van der Waals surface area contributed by atoms with Crippen LogP contribution in [0, 0.1) is 0 Å². The van der Waals surface area contributed by atoms with E-state index in [9.17, 15) is 9.59 Å². The van der Waals surface area contributed by atoms with Crippen LogP contribution in [0.2, 0.25) is 0 Å². The normalized spacial score (nSPS) is 12.3. The number of nitrogens with zero attached hydrogens (tertiary/aromatic N) is 3. The van der Waals surface area contributed by atoms with Gasteiger partial charge in [-0.1, -0.05) is 43.5 Å². The highest BCUT2D eigenvalue weighted by Crippen LogP contribution is 2.04. The fourth-order valence-electron chi connectivity index (χ4n) is 2.36. The van der Waals surface area contributed by atoms with Gasteiger partial charge in [0.2, 0.25) is 5.91 Å². The second kappa shape index (κ2) is 7.68. The van der Waals surface area contributed by atoms with Gasteiger partial charge in [-0.3, -0.25) is 9.59 Å². The predicted octanol–water partition coefficient (Wildman–Crippen LogP) is 1.88. The monoisotopic (exact) mass is 302 g/mol. The van der Waals surface area contributed by atoms with Crippen LogP contribution in [-0.4, -0.2) is 26.9 Å². The van der Waals surface area contributed by atoms with E-state index in [4.69, 9.17) is 0 Å². The molecule has 0 unspecified atom stereocenters. The van der Waals surface area contributed by atoms with Crippen molar-refractivity contribution in [2.45, 2.75) is 52.1 Å². The number of nitrogens with one attached hydrogen (secondary N) is 1. The standard InChI is InChI=1S/C16H22N4O2/c1-3-4-5-8-12(2)17-15(21)11-20-16(22)13-9-6-7-10-14(13)18-19-20/h6-7,9-10,12H,3-5,8,11H2,1-2H3,(H,17,21)/t12-/m1/s1. The van der Waals surface area contributed by atoms with Crippen LogP contribution in [0.4, 0.5) is 0 Å². The minimum absolute atomic E-state index is 0.100. The first kappa shape index (κ1) is 16.1. The van der Waals surface area contributed by atoms with Gasteiger partial charge in [0.05, 0.1) is 5.39 Å². The van der Waals surface area contributed by atoms with Gasteiger partial charge in [-0.05, 0) is 25.5 Å². The minimum Gasteiger partial charge on any atom is -0.352 e. The van der Waals surface area contributed by atoms with Crippen molar-refractivity contribution in [1.82, 2.24) is 20.3 Å². The summed E-state index contributed by atoms with van der Waals surface area (Å²) in [4.78, 5) is 24.2. The molecule has 2 aromatic rings. The van der Waals surface area contributed by atoms with Crippen molar-refractivity contribution < 1.29 is 4.79 Å². The van der Waals surface area contributed by atoms with Crippen molar-refractivity contribution in [1.29, 1.82) is 0 Å². The van der Waals surface area contributed by atoms with E-state index in [2.05, 4.69) is 22.6 Å². The molecule has 0 saturated heterocycles. The molecule has 1 aromatic carbocycles. The molecule has 0 aliphatic carbocycles. The first-order chi connectivity index (χ1) is 10.6. The third-order valence-corrected chi connectivity index (χ3v) is 3.57. The van der Waals surface area contributed by atoms with E-state index in [1.165, 1.54) is 0 Å². The van der Waals surface area contributed by atoms with E-state index in [1.807, 2.05) is 6.92 Å². The molecule has 0 saturated carbocycles. The summed E-state index contributed by atoms with van der Waals surface area (Å²) >= 11 is 0. The van der Waals surface area contributed by atoms with E-state index in [0.717, 1.165) is 30.4 Å². The van der Waals surface area contributed by atoms with Crippen LogP contribution in [0.15, 0.2) is 29.1 Å². The van der Waals surface area contributed by atoms with Crippen LogP contribution < -0.4 is 10.9 Å². The van der Waals surface area contributed by atoms with E-state index < -0.39 is 0 Å². The van der Waals surface area contributed by atoms with Crippen LogP contribution >= 0.6 is 0 Å². The Morgan fingerprint density at radius 1 is 1.32 bits per heavy atom. The van der Waals surface area contributed by atoms with Crippen LogP contribution in [0.3, 0.4) is 0 Å². The van der Waals surface area contributed by atoms with E-state index in [1.54, 1.807) is 24.3 Å². The minimum atomic E-state index is -0.292. The van der Waals surface area contributed by atoms with Crippen molar-refractivity contribution in [3.63, 3.8) is 0 Å². The van der Waals surface area contributed by atoms with Gasteiger partial charge in [0.1, 0.15) is 12.1 Å². The van der Waals surface area contributed by atoms with Crippen LogP contribution in [-0.2, 0) is 11.3 Å². The lowest BCUT2D eigenvalue weighted by atomic mass is 10.1. The van der Waals surface area contributed by atoms with Gasteiger partial charge in [-0.25, -0.2) is 4.68 Å². The second-order valence-electron chi connectivity index (χ2n) is 5.53. The summed E-state index contributed by atoms with van der Waals surface area (Å²) in [5.41, 5.74) is 0.247. The Balaban J connectivity index is 2.00. The molecule has 6 heteroatoms. The number of amides is 1. The van der Waals surface area contributed by atoms with Crippen LogP contribution in [0.1, 0.15) is 39.5 Å². The lowest BCUT2D eigenvalue weighted by Crippen LogP contribution is -2.38. The lowest BCUT2D eigenvalue weighted by Gasteiger charge is -2.13. The molecule has 1 N–H and O–H groups in total. The Hall–Kier alpha value is -2.24. The topological polar surface area (TPSA) is 76.9 Å². The Labute approximate surface area is 129 Å². The first-order valence-corrected chi connectivity index (χ1v) is 7.73. The van der Waals surface area contributed by atoms with Gasteiger partial charge in [-0.15, -0.1) is 5.10 Å². The highest BCUT2D eigenvalue weighted by Gasteiger charge is 2.11. The van der Waals surface area contributed by atoms with Gasteiger partial charge in [0.25, 0.3) is 5.56 Å². The maximum absolute atomic E-state index is 12.2. The molecule has 118 valence electrons. The third-order valence-electron chi connectivity index (χ3n) is 3.57. The van der Waals surface area contributed by atoms with Gasteiger partial charge < -0.3 is 5.32 Å². The molecule has 0 aliphatic heterocycles. The largest absolute Gasteiger partial charge is 0.352 e. The summed E-state index contributed by atoms with van der Waals surface area (Å²) in [5.74, 6) is -0.212. The zero-order valence-corrected chi connectivity index (χ0v) is 13.1. The molecule has 0 fully saturated rings. The lowest BCUT2D eigenvalue weighted by molar-refractivity contribution is -0.122. The fourth-order valence-corrected chi connectivity index (χ4v) is 2.36. The average molecular weight is 302 g/mol. The number of carbonyl (C=O) groups is 1. The molecule has 22 heavy (non-hydrogen) atoms. The Morgan fingerprint density at radius 3 is 2.86 bits per heavy atom. The fraction of sp³-hybridized carbons (Fsp3) is 0.500. The summed E-state index contributed by atoms with van der Waals surface area (Å²) in [6.45, 7) is 4.02. The molecular weight excluding hydrogens is 280 g/mol. The molecule has 0 radical (unpaired) electrons. The van der Waals surface area contributed by atoms with Gasteiger partial charge in [0.15, 0.2) is 0 Å².